The van der Waals surface area contributed by atoms with Gasteiger partial charge in [0.2, 0.25) is 6.08 Å². The van der Waals surface area contributed by atoms with Gasteiger partial charge in [0.05, 0.1) is 6.54 Å². The molecular weight excluding hydrogens is 152 g/mol. The van der Waals surface area contributed by atoms with Gasteiger partial charge in [-0.15, -0.1) is 0 Å². The zero-order valence-corrected chi connectivity index (χ0v) is 7.79. The summed E-state index contributed by atoms with van der Waals surface area (Å²) < 4.78 is 0. The average molecular weight is 168 g/mol. The van der Waals surface area contributed by atoms with Crippen LogP contribution < -0.4 is 0 Å². The number of hydrogen-bond acceptors (Lipinski definition) is 3. The van der Waals surface area contributed by atoms with Crippen LogP contribution in [-0.2, 0) is 4.79 Å². The van der Waals surface area contributed by atoms with Gasteiger partial charge in [-0.05, 0) is 32.7 Å². The van der Waals surface area contributed by atoms with Crippen molar-refractivity contribution in [3.8, 4) is 0 Å². The first-order chi connectivity index (χ1) is 5.74. The molecule has 0 aromatic rings. The summed E-state index contributed by atoms with van der Waals surface area (Å²) in [7, 11) is 0. The molecule has 0 N–H and O–H groups in total. The quantitative estimate of drug-likeness (QED) is 0.466. The molecule has 0 amide bonds. The van der Waals surface area contributed by atoms with E-state index < -0.39 is 0 Å². The monoisotopic (exact) mass is 168 g/mol. The number of rotatable bonds is 3. The molecule has 0 bridgehead atoms. The minimum Gasteiger partial charge on any atom is -0.301 e. The molecule has 0 aliphatic carbocycles. The van der Waals surface area contributed by atoms with Gasteiger partial charge in [0, 0.05) is 12.6 Å². The normalized spacial score (nSPS) is 24.4. The van der Waals surface area contributed by atoms with Crippen LogP contribution >= 0.6 is 0 Å². The maximum atomic E-state index is 9.87. The SMILES string of the molecule is CC(C)N1CCC(CN=C=O)C1. The van der Waals surface area contributed by atoms with Crippen molar-refractivity contribution in [1.82, 2.24) is 4.90 Å². The van der Waals surface area contributed by atoms with Crippen molar-refractivity contribution >= 4 is 6.08 Å². The van der Waals surface area contributed by atoms with E-state index in [0.717, 1.165) is 13.1 Å². The molecule has 1 heterocycles. The average Bonchev–Trinajstić information content (AvgIpc) is 2.48. The Morgan fingerprint density at radius 2 is 2.42 bits per heavy atom. The Kier molecular flexibility index (Phi) is 3.45. The van der Waals surface area contributed by atoms with Crippen LogP contribution in [0.25, 0.3) is 0 Å². The summed E-state index contributed by atoms with van der Waals surface area (Å²) in [5.41, 5.74) is 0. The summed E-state index contributed by atoms with van der Waals surface area (Å²) in [5, 5.41) is 0. The zero-order valence-electron chi connectivity index (χ0n) is 7.79. The number of nitrogens with zero attached hydrogens (tertiary/aromatic N) is 2. The van der Waals surface area contributed by atoms with E-state index in [-0.39, 0.29) is 0 Å². The molecule has 12 heavy (non-hydrogen) atoms. The minimum atomic E-state index is 0.578. The third-order valence-corrected chi connectivity index (χ3v) is 2.46. The molecule has 0 saturated carbocycles. The van der Waals surface area contributed by atoms with Crippen molar-refractivity contribution in [2.24, 2.45) is 10.9 Å². The lowest BCUT2D eigenvalue weighted by Crippen LogP contribution is -2.28. The van der Waals surface area contributed by atoms with Gasteiger partial charge in [-0.1, -0.05) is 0 Å². The number of aliphatic imine (C=N–C) groups is 1. The Morgan fingerprint density at radius 1 is 1.67 bits per heavy atom. The summed E-state index contributed by atoms with van der Waals surface area (Å²) in [6, 6.07) is 0.621. The van der Waals surface area contributed by atoms with Crippen LogP contribution in [0.4, 0.5) is 0 Å². The van der Waals surface area contributed by atoms with Crippen LogP contribution in [0.15, 0.2) is 4.99 Å². The molecule has 0 radical (unpaired) electrons. The first kappa shape index (κ1) is 9.43. The van der Waals surface area contributed by atoms with Gasteiger partial charge in [-0.25, -0.2) is 9.79 Å². The summed E-state index contributed by atoms with van der Waals surface area (Å²) in [6.45, 7) is 7.29. The molecule has 1 unspecified atom stereocenters. The third-order valence-electron chi connectivity index (χ3n) is 2.46. The third kappa shape index (κ3) is 2.43. The first-order valence-corrected chi connectivity index (χ1v) is 4.51. The second kappa shape index (κ2) is 4.39. The maximum Gasteiger partial charge on any atom is 0.234 e. The Bertz CT molecular complexity index is 185. The lowest BCUT2D eigenvalue weighted by Gasteiger charge is -2.19. The Balaban J connectivity index is 2.30. The van der Waals surface area contributed by atoms with Crippen LogP contribution in [0.2, 0.25) is 0 Å². The van der Waals surface area contributed by atoms with Gasteiger partial charge in [-0.3, -0.25) is 0 Å². The molecule has 1 aliphatic heterocycles. The van der Waals surface area contributed by atoms with Crippen LogP contribution in [0.1, 0.15) is 20.3 Å². The molecule has 1 atom stereocenters. The van der Waals surface area contributed by atoms with Crippen molar-refractivity contribution in [3.63, 3.8) is 0 Å². The summed E-state index contributed by atoms with van der Waals surface area (Å²) in [4.78, 5) is 15.9. The lowest BCUT2D eigenvalue weighted by atomic mass is 10.1. The van der Waals surface area contributed by atoms with Crippen LogP contribution in [0.5, 0.6) is 0 Å². The smallest absolute Gasteiger partial charge is 0.234 e. The van der Waals surface area contributed by atoms with Crippen molar-refractivity contribution < 1.29 is 4.79 Å². The standard InChI is InChI=1S/C9H16N2O/c1-8(2)11-4-3-9(6-11)5-10-7-12/h8-9H,3-6H2,1-2H3. The molecule has 3 heteroatoms. The highest BCUT2D eigenvalue weighted by Crippen LogP contribution is 2.18. The Hall–Kier alpha value is -0.660. The second-order valence-electron chi connectivity index (χ2n) is 3.68. The summed E-state index contributed by atoms with van der Waals surface area (Å²) in [6.07, 6.45) is 2.77. The largest absolute Gasteiger partial charge is 0.301 e. The van der Waals surface area contributed by atoms with Crippen molar-refractivity contribution in [2.75, 3.05) is 19.6 Å². The lowest BCUT2D eigenvalue weighted by molar-refractivity contribution is 0.266. The number of hydrogen-bond donors (Lipinski definition) is 0. The highest BCUT2D eigenvalue weighted by molar-refractivity contribution is 5.32. The van der Waals surface area contributed by atoms with Gasteiger partial charge in [-0.2, -0.15) is 0 Å². The topological polar surface area (TPSA) is 32.7 Å². The number of isocyanates is 1. The van der Waals surface area contributed by atoms with E-state index >= 15 is 0 Å². The Labute approximate surface area is 73.5 Å². The van der Waals surface area contributed by atoms with Gasteiger partial charge in [0.1, 0.15) is 0 Å². The maximum absolute atomic E-state index is 9.87. The van der Waals surface area contributed by atoms with Crippen LogP contribution in [-0.4, -0.2) is 36.7 Å². The summed E-state index contributed by atoms with van der Waals surface area (Å²) in [5.74, 6) is 0.578. The fourth-order valence-corrected chi connectivity index (χ4v) is 1.65. The molecule has 0 spiro atoms. The van der Waals surface area contributed by atoms with Gasteiger partial charge < -0.3 is 4.90 Å². The number of likely N-dealkylation sites (tertiary alicyclic amines) is 1. The molecule has 68 valence electrons. The van der Waals surface area contributed by atoms with E-state index in [9.17, 15) is 4.79 Å². The van der Waals surface area contributed by atoms with Crippen molar-refractivity contribution in [3.05, 3.63) is 0 Å². The molecular formula is C9H16N2O. The van der Waals surface area contributed by atoms with Crippen molar-refractivity contribution in [1.29, 1.82) is 0 Å². The van der Waals surface area contributed by atoms with E-state index in [0.29, 0.717) is 18.5 Å². The van der Waals surface area contributed by atoms with E-state index in [2.05, 4.69) is 23.7 Å². The highest BCUT2D eigenvalue weighted by Gasteiger charge is 2.23. The van der Waals surface area contributed by atoms with Crippen LogP contribution in [0, 0.1) is 5.92 Å². The molecule has 1 fully saturated rings. The molecule has 3 nitrogen and oxygen atoms in total. The molecule has 0 aromatic carbocycles. The van der Waals surface area contributed by atoms with Gasteiger partial charge in [0.25, 0.3) is 0 Å². The van der Waals surface area contributed by atoms with Crippen LogP contribution in [0.3, 0.4) is 0 Å². The van der Waals surface area contributed by atoms with Crippen molar-refractivity contribution in [2.45, 2.75) is 26.3 Å². The summed E-state index contributed by atoms with van der Waals surface area (Å²) >= 11 is 0. The molecule has 0 aromatic heterocycles. The Morgan fingerprint density at radius 3 is 2.92 bits per heavy atom. The predicted molar refractivity (Wildman–Crippen MR) is 47.8 cm³/mol. The second-order valence-corrected chi connectivity index (χ2v) is 3.68. The van der Waals surface area contributed by atoms with E-state index in [1.807, 2.05) is 0 Å². The fraction of sp³-hybridized carbons (Fsp3) is 0.889. The predicted octanol–water partition coefficient (Wildman–Crippen LogP) is 1.05. The fourth-order valence-electron chi connectivity index (χ4n) is 1.65. The van der Waals surface area contributed by atoms with E-state index in [1.54, 1.807) is 6.08 Å². The van der Waals surface area contributed by atoms with Gasteiger partial charge >= 0.3 is 0 Å². The first-order valence-electron chi connectivity index (χ1n) is 4.51. The number of carbonyl (C=O) groups excluding carboxylic acids is 1. The molecule has 1 aliphatic rings. The molecule has 1 saturated heterocycles. The van der Waals surface area contributed by atoms with Gasteiger partial charge in [0.15, 0.2) is 0 Å². The van der Waals surface area contributed by atoms with E-state index in [4.69, 9.17) is 0 Å². The zero-order chi connectivity index (χ0) is 8.97. The van der Waals surface area contributed by atoms with E-state index in [1.165, 1.54) is 6.42 Å². The highest BCUT2D eigenvalue weighted by atomic mass is 16.1. The minimum absolute atomic E-state index is 0.578. The molecule has 1 rings (SSSR count).